The summed E-state index contributed by atoms with van der Waals surface area (Å²) in [4.78, 5) is 19.6. The summed E-state index contributed by atoms with van der Waals surface area (Å²) in [6.45, 7) is 0.782. The SMILES string of the molecule is CN=C(NCCc1cccc(C(=O)N(C)C)c1)N(C)C.I. The van der Waals surface area contributed by atoms with E-state index in [9.17, 15) is 4.79 Å². The van der Waals surface area contributed by atoms with E-state index in [2.05, 4.69) is 10.3 Å². The average molecular weight is 404 g/mol. The highest BCUT2D eigenvalue weighted by Crippen LogP contribution is 2.07. The van der Waals surface area contributed by atoms with Crippen molar-refractivity contribution in [3.63, 3.8) is 0 Å². The van der Waals surface area contributed by atoms with Gasteiger partial charge in [-0.3, -0.25) is 9.79 Å². The van der Waals surface area contributed by atoms with Crippen LogP contribution in [-0.4, -0.2) is 63.4 Å². The summed E-state index contributed by atoms with van der Waals surface area (Å²) in [7, 11) is 9.19. The molecule has 21 heavy (non-hydrogen) atoms. The number of rotatable bonds is 4. The van der Waals surface area contributed by atoms with Gasteiger partial charge in [0.1, 0.15) is 0 Å². The largest absolute Gasteiger partial charge is 0.356 e. The van der Waals surface area contributed by atoms with Gasteiger partial charge in [-0.25, -0.2) is 0 Å². The summed E-state index contributed by atoms with van der Waals surface area (Å²) < 4.78 is 0. The molecule has 0 aromatic heterocycles. The van der Waals surface area contributed by atoms with Crippen molar-refractivity contribution >= 4 is 35.8 Å². The van der Waals surface area contributed by atoms with Crippen molar-refractivity contribution in [2.24, 2.45) is 4.99 Å². The number of benzene rings is 1. The lowest BCUT2D eigenvalue weighted by Crippen LogP contribution is -2.37. The zero-order valence-corrected chi connectivity index (χ0v) is 15.7. The van der Waals surface area contributed by atoms with Gasteiger partial charge < -0.3 is 15.1 Å². The van der Waals surface area contributed by atoms with Gasteiger partial charge in [-0.15, -0.1) is 24.0 Å². The number of guanidine groups is 1. The van der Waals surface area contributed by atoms with E-state index < -0.39 is 0 Å². The first-order valence-electron chi connectivity index (χ1n) is 6.64. The Hall–Kier alpha value is -1.31. The zero-order chi connectivity index (χ0) is 15.1. The Morgan fingerprint density at radius 3 is 2.38 bits per heavy atom. The van der Waals surface area contributed by atoms with Gasteiger partial charge >= 0.3 is 0 Å². The molecule has 0 saturated heterocycles. The first kappa shape index (κ1) is 19.7. The van der Waals surface area contributed by atoms with Crippen LogP contribution in [0.4, 0.5) is 0 Å². The van der Waals surface area contributed by atoms with Gasteiger partial charge in [0, 0.05) is 47.3 Å². The summed E-state index contributed by atoms with van der Waals surface area (Å²) in [6, 6.07) is 7.75. The molecule has 5 nitrogen and oxygen atoms in total. The highest BCUT2D eigenvalue weighted by Gasteiger charge is 2.08. The lowest BCUT2D eigenvalue weighted by Gasteiger charge is -2.17. The maximum atomic E-state index is 11.9. The third-order valence-electron chi connectivity index (χ3n) is 2.91. The molecule has 1 rings (SSSR count). The Morgan fingerprint density at radius 2 is 1.86 bits per heavy atom. The zero-order valence-electron chi connectivity index (χ0n) is 13.4. The number of carbonyl (C=O) groups excluding carboxylic acids is 1. The molecule has 1 aromatic carbocycles. The van der Waals surface area contributed by atoms with Gasteiger partial charge in [-0.05, 0) is 24.1 Å². The van der Waals surface area contributed by atoms with Crippen LogP contribution in [0.15, 0.2) is 29.3 Å². The second-order valence-electron chi connectivity index (χ2n) is 5.02. The molecule has 0 heterocycles. The number of aliphatic imine (C=N–C) groups is 1. The Kier molecular flexibility index (Phi) is 9.00. The molecule has 0 saturated carbocycles. The molecule has 0 bridgehead atoms. The van der Waals surface area contributed by atoms with Crippen molar-refractivity contribution < 1.29 is 4.79 Å². The number of nitrogens with one attached hydrogen (secondary N) is 1. The molecule has 0 spiro atoms. The molecule has 0 atom stereocenters. The fourth-order valence-electron chi connectivity index (χ4n) is 1.87. The molecular weight excluding hydrogens is 379 g/mol. The minimum atomic E-state index is 0. The Balaban J connectivity index is 0.00000400. The van der Waals surface area contributed by atoms with E-state index in [0.29, 0.717) is 0 Å². The smallest absolute Gasteiger partial charge is 0.253 e. The van der Waals surface area contributed by atoms with E-state index in [4.69, 9.17) is 0 Å². The molecule has 0 aliphatic heterocycles. The predicted octanol–water partition coefficient (Wildman–Crippen LogP) is 1.69. The highest BCUT2D eigenvalue weighted by atomic mass is 127. The van der Waals surface area contributed by atoms with E-state index in [1.165, 1.54) is 0 Å². The number of carbonyl (C=O) groups is 1. The topological polar surface area (TPSA) is 47.9 Å². The molecule has 0 fully saturated rings. The fraction of sp³-hybridized carbons (Fsp3) is 0.467. The maximum Gasteiger partial charge on any atom is 0.253 e. The van der Waals surface area contributed by atoms with E-state index in [1.54, 1.807) is 26.0 Å². The monoisotopic (exact) mass is 404 g/mol. The van der Waals surface area contributed by atoms with Crippen molar-refractivity contribution in [1.82, 2.24) is 15.1 Å². The van der Waals surface area contributed by atoms with Gasteiger partial charge in [0.25, 0.3) is 5.91 Å². The predicted molar refractivity (Wildman–Crippen MR) is 98.6 cm³/mol. The van der Waals surface area contributed by atoms with Crippen LogP contribution in [0.2, 0.25) is 0 Å². The van der Waals surface area contributed by atoms with E-state index in [-0.39, 0.29) is 29.9 Å². The van der Waals surface area contributed by atoms with Gasteiger partial charge in [0.15, 0.2) is 5.96 Å². The number of nitrogens with zero attached hydrogens (tertiary/aromatic N) is 3. The highest BCUT2D eigenvalue weighted by molar-refractivity contribution is 14.0. The van der Waals surface area contributed by atoms with Crippen LogP contribution in [-0.2, 0) is 6.42 Å². The summed E-state index contributed by atoms with van der Waals surface area (Å²) in [6.07, 6.45) is 0.849. The van der Waals surface area contributed by atoms with Gasteiger partial charge in [0.05, 0.1) is 0 Å². The van der Waals surface area contributed by atoms with Crippen LogP contribution in [0.25, 0.3) is 0 Å². The van der Waals surface area contributed by atoms with Crippen molar-refractivity contribution in [2.45, 2.75) is 6.42 Å². The van der Waals surface area contributed by atoms with Crippen molar-refractivity contribution in [3.8, 4) is 0 Å². The maximum absolute atomic E-state index is 11.9. The first-order valence-corrected chi connectivity index (χ1v) is 6.64. The number of hydrogen-bond donors (Lipinski definition) is 1. The molecule has 0 unspecified atom stereocenters. The molecular formula is C15H25IN4O. The van der Waals surface area contributed by atoms with Crippen LogP contribution in [0.3, 0.4) is 0 Å². The van der Waals surface area contributed by atoms with Crippen LogP contribution in [0.1, 0.15) is 15.9 Å². The van der Waals surface area contributed by atoms with Gasteiger partial charge in [-0.1, -0.05) is 12.1 Å². The molecule has 0 radical (unpaired) electrons. The summed E-state index contributed by atoms with van der Waals surface area (Å²) >= 11 is 0. The fourth-order valence-corrected chi connectivity index (χ4v) is 1.87. The quantitative estimate of drug-likeness (QED) is 0.472. The molecule has 118 valence electrons. The lowest BCUT2D eigenvalue weighted by atomic mass is 10.1. The third-order valence-corrected chi connectivity index (χ3v) is 2.91. The number of amides is 1. The van der Waals surface area contributed by atoms with E-state index in [0.717, 1.165) is 30.1 Å². The van der Waals surface area contributed by atoms with E-state index >= 15 is 0 Å². The molecule has 1 amide bonds. The third kappa shape index (κ3) is 6.33. The van der Waals surface area contributed by atoms with Crippen molar-refractivity contribution in [1.29, 1.82) is 0 Å². The van der Waals surface area contributed by atoms with Crippen LogP contribution in [0, 0.1) is 0 Å². The summed E-state index contributed by atoms with van der Waals surface area (Å²) in [5.41, 5.74) is 1.86. The summed E-state index contributed by atoms with van der Waals surface area (Å²) in [5.74, 6) is 0.884. The first-order chi connectivity index (χ1) is 9.45. The standard InChI is InChI=1S/C15H24N4O.HI/c1-16-15(19(4)5)17-10-9-12-7-6-8-13(11-12)14(20)18(2)3;/h6-8,11H,9-10H2,1-5H3,(H,16,17);1H. The average Bonchev–Trinajstić information content (AvgIpc) is 2.42. The Labute approximate surface area is 144 Å². The second kappa shape index (κ2) is 9.59. The molecule has 0 aliphatic carbocycles. The van der Waals surface area contributed by atoms with Gasteiger partial charge in [-0.2, -0.15) is 0 Å². The normalized spacial score (nSPS) is 10.6. The minimum Gasteiger partial charge on any atom is -0.356 e. The van der Waals surface area contributed by atoms with Gasteiger partial charge in [0.2, 0.25) is 0 Å². The number of hydrogen-bond acceptors (Lipinski definition) is 2. The summed E-state index contributed by atoms with van der Waals surface area (Å²) in [5, 5.41) is 3.27. The molecule has 0 aliphatic rings. The Bertz CT molecular complexity index is 486. The Morgan fingerprint density at radius 1 is 1.19 bits per heavy atom. The van der Waals surface area contributed by atoms with Crippen LogP contribution in [0.5, 0.6) is 0 Å². The molecule has 1 N–H and O–H groups in total. The van der Waals surface area contributed by atoms with Crippen molar-refractivity contribution in [2.75, 3.05) is 41.8 Å². The molecule has 6 heteroatoms. The van der Waals surface area contributed by atoms with E-state index in [1.807, 2.05) is 43.3 Å². The number of halogens is 1. The lowest BCUT2D eigenvalue weighted by molar-refractivity contribution is 0.0827. The minimum absolute atomic E-state index is 0. The van der Waals surface area contributed by atoms with Crippen LogP contribution < -0.4 is 5.32 Å². The molecule has 1 aromatic rings. The second-order valence-corrected chi connectivity index (χ2v) is 5.02. The van der Waals surface area contributed by atoms with Crippen LogP contribution >= 0.6 is 24.0 Å². The van der Waals surface area contributed by atoms with Crippen molar-refractivity contribution in [3.05, 3.63) is 35.4 Å².